The molecule has 0 radical (unpaired) electrons. The van der Waals surface area contributed by atoms with Crippen molar-refractivity contribution in [1.29, 1.82) is 0 Å². The van der Waals surface area contributed by atoms with E-state index in [0.29, 0.717) is 16.5 Å². The highest BCUT2D eigenvalue weighted by Crippen LogP contribution is 2.26. The van der Waals surface area contributed by atoms with Crippen molar-refractivity contribution in [1.82, 2.24) is 10.3 Å². The summed E-state index contributed by atoms with van der Waals surface area (Å²) < 4.78 is 0. The van der Waals surface area contributed by atoms with Gasteiger partial charge in [0.05, 0.1) is 21.8 Å². The van der Waals surface area contributed by atoms with Crippen molar-refractivity contribution in [3.8, 4) is 12.3 Å². The Labute approximate surface area is 106 Å². The molecule has 0 aliphatic carbocycles. The molecule has 1 unspecified atom stereocenters. The molecule has 0 aliphatic rings. The van der Waals surface area contributed by atoms with Crippen LogP contribution in [0.15, 0.2) is 12.3 Å². The lowest BCUT2D eigenvalue weighted by Gasteiger charge is -2.17. The van der Waals surface area contributed by atoms with Crippen molar-refractivity contribution in [3.63, 3.8) is 0 Å². The van der Waals surface area contributed by atoms with Crippen LogP contribution in [0, 0.1) is 12.3 Å². The van der Waals surface area contributed by atoms with Gasteiger partial charge in [-0.1, -0.05) is 30.1 Å². The van der Waals surface area contributed by atoms with E-state index >= 15 is 0 Å². The van der Waals surface area contributed by atoms with E-state index in [0.717, 1.165) is 18.7 Å². The Kier molecular flexibility index (Phi) is 5.62. The summed E-state index contributed by atoms with van der Waals surface area (Å²) in [6.45, 7) is 2.88. The van der Waals surface area contributed by atoms with Crippen LogP contribution in [0.5, 0.6) is 0 Å². The quantitative estimate of drug-likeness (QED) is 0.817. The molecule has 0 aromatic carbocycles. The highest BCUT2D eigenvalue weighted by Gasteiger charge is 2.14. The first-order valence-corrected chi connectivity index (χ1v) is 5.92. The van der Waals surface area contributed by atoms with Crippen LogP contribution in [-0.4, -0.2) is 11.5 Å². The average molecular weight is 257 g/mol. The van der Waals surface area contributed by atoms with Crippen LogP contribution in [-0.2, 0) is 0 Å². The Morgan fingerprint density at radius 1 is 1.56 bits per heavy atom. The van der Waals surface area contributed by atoms with Crippen molar-refractivity contribution in [2.45, 2.75) is 25.8 Å². The van der Waals surface area contributed by atoms with Crippen LogP contribution in [0.1, 0.15) is 31.5 Å². The van der Waals surface area contributed by atoms with Gasteiger partial charge in [-0.3, -0.25) is 4.98 Å². The van der Waals surface area contributed by atoms with Crippen LogP contribution < -0.4 is 5.32 Å². The third-order valence-electron chi connectivity index (χ3n) is 2.19. The summed E-state index contributed by atoms with van der Waals surface area (Å²) in [7, 11) is 0. The molecule has 0 fully saturated rings. The molecule has 86 valence electrons. The Balaban J connectivity index is 2.87. The fourth-order valence-corrected chi connectivity index (χ4v) is 2.00. The molecule has 0 bridgehead atoms. The number of halogens is 2. The second kappa shape index (κ2) is 6.75. The maximum absolute atomic E-state index is 6.10. The van der Waals surface area contributed by atoms with Gasteiger partial charge in [0.2, 0.25) is 0 Å². The molecule has 0 spiro atoms. The van der Waals surface area contributed by atoms with Gasteiger partial charge < -0.3 is 5.32 Å². The Hall–Kier alpha value is -0.750. The lowest BCUT2D eigenvalue weighted by Crippen LogP contribution is -2.22. The summed E-state index contributed by atoms with van der Waals surface area (Å²) in [6.07, 6.45) is 8.37. The van der Waals surface area contributed by atoms with E-state index in [1.807, 2.05) is 6.92 Å². The average Bonchev–Trinajstić information content (AvgIpc) is 2.25. The Morgan fingerprint density at radius 2 is 2.31 bits per heavy atom. The molecule has 1 aromatic rings. The van der Waals surface area contributed by atoms with E-state index in [1.165, 1.54) is 0 Å². The monoisotopic (exact) mass is 256 g/mol. The van der Waals surface area contributed by atoms with E-state index in [4.69, 9.17) is 29.6 Å². The molecular formula is C12H14Cl2N2. The Bertz CT molecular complexity index is 385. The second-order valence-corrected chi connectivity index (χ2v) is 4.22. The van der Waals surface area contributed by atoms with Gasteiger partial charge >= 0.3 is 0 Å². The van der Waals surface area contributed by atoms with Gasteiger partial charge in [-0.25, -0.2) is 0 Å². The lowest BCUT2D eigenvalue weighted by atomic mass is 10.1. The van der Waals surface area contributed by atoms with Gasteiger partial charge in [-0.15, -0.1) is 12.3 Å². The van der Waals surface area contributed by atoms with Gasteiger partial charge in [0.15, 0.2) is 0 Å². The zero-order chi connectivity index (χ0) is 12.0. The van der Waals surface area contributed by atoms with E-state index in [1.54, 1.807) is 12.3 Å². The summed E-state index contributed by atoms with van der Waals surface area (Å²) in [5.41, 5.74) is 0.808. The molecule has 0 aliphatic heterocycles. The minimum atomic E-state index is 0.0887. The van der Waals surface area contributed by atoms with Crippen molar-refractivity contribution in [3.05, 3.63) is 28.0 Å². The highest BCUT2D eigenvalue weighted by atomic mass is 35.5. The van der Waals surface area contributed by atoms with Gasteiger partial charge in [0.1, 0.15) is 0 Å². The number of aromatic nitrogens is 1. The molecule has 16 heavy (non-hydrogen) atoms. The Morgan fingerprint density at radius 3 is 2.88 bits per heavy atom. The van der Waals surface area contributed by atoms with E-state index in [9.17, 15) is 0 Å². The molecule has 4 heteroatoms. The first-order valence-electron chi connectivity index (χ1n) is 5.16. The molecular weight excluding hydrogens is 243 g/mol. The largest absolute Gasteiger partial charge is 0.309 e. The smallest absolute Gasteiger partial charge is 0.0760 e. The number of rotatable bonds is 5. The highest BCUT2D eigenvalue weighted by molar-refractivity contribution is 6.34. The van der Waals surface area contributed by atoms with Crippen molar-refractivity contribution >= 4 is 23.2 Å². The summed E-state index contributed by atoms with van der Waals surface area (Å²) in [5, 5.41) is 4.43. The van der Waals surface area contributed by atoms with Crippen molar-refractivity contribution < 1.29 is 0 Å². The van der Waals surface area contributed by atoms with Crippen LogP contribution in [0.25, 0.3) is 0 Å². The van der Waals surface area contributed by atoms with Gasteiger partial charge in [0.25, 0.3) is 0 Å². The van der Waals surface area contributed by atoms with Crippen LogP contribution >= 0.6 is 23.2 Å². The SMILES string of the molecule is C#CCCC(NCC)c1ncc(Cl)cc1Cl. The van der Waals surface area contributed by atoms with Crippen LogP contribution in [0.4, 0.5) is 0 Å². The fraction of sp³-hybridized carbons (Fsp3) is 0.417. The lowest BCUT2D eigenvalue weighted by molar-refractivity contribution is 0.511. The van der Waals surface area contributed by atoms with E-state index in [-0.39, 0.29) is 6.04 Å². The molecule has 1 aromatic heterocycles. The summed E-state index contributed by atoms with van der Waals surface area (Å²) >= 11 is 11.9. The summed E-state index contributed by atoms with van der Waals surface area (Å²) in [5.74, 6) is 2.62. The number of nitrogens with one attached hydrogen (secondary N) is 1. The predicted octanol–water partition coefficient (Wildman–Crippen LogP) is 3.45. The molecule has 0 saturated heterocycles. The summed E-state index contributed by atoms with van der Waals surface area (Å²) in [6, 6.07) is 1.79. The molecule has 0 amide bonds. The van der Waals surface area contributed by atoms with Gasteiger partial charge in [-0.2, -0.15) is 0 Å². The zero-order valence-electron chi connectivity index (χ0n) is 9.13. The zero-order valence-corrected chi connectivity index (χ0v) is 10.6. The number of nitrogens with zero attached hydrogens (tertiary/aromatic N) is 1. The third kappa shape index (κ3) is 3.68. The molecule has 1 rings (SSSR count). The molecule has 1 N–H and O–H groups in total. The molecule has 2 nitrogen and oxygen atoms in total. The fourth-order valence-electron chi connectivity index (χ4n) is 1.49. The standard InChI is InChI=1S/C12H14Cl2N2/c1-3-5-6-11(15-4-2)12-10(14)7-9(13)8-16-12/h1,7-8,11,15H,4-6H2,2H3. The minimum absolute atomic E-state index is 0.0887. The van der Waals surface area contributed by atoms with E-state index < -0.39 is 0 Å². The van der Waals surface area contributed by atoms with Gasteiger partial charge in [-0.05, 0) is 19.0 Å². The van der Waals surface area contributed by atoms with Crippen LogP contribution in [0.3, 0.4) is 0 Å². The number of pyridine rings is 1. The number of hydrogen-bond donors (Lipinski definition) is 1. The number of hydrogen-bond acceptors (Lipinski definition) is 2. The maximum Gasteiger partial charge on any atom is 0.0760 e. The maximum atomic E-state index is 6.10. The van der Waals surface area contributed by atoms with Crippen LogP contribution in [0.2, 0.25) is 10.0 Å². The van der Waals surface area contributed by atoms with Crippen molar-refractivity contribution in [2.24, 2.45) is 0 Å². The van der Waals surface area contributed by atoms with E-state index in [2.05, 4.69) is 16.2 Å². The predicted molar refractivity (Wildman–Crippen MR) is 68.7 cm³/mol. The first-order chi connectivity index (χ1) is 7.69. The molecule has 0 saturated carbocycles. The molecule has 1 atom stereocenters. The van der Waals surface area contributed by atoms with Crippen molar-refractivity contribution in [2.75, 3.05) is 6.54 Å². The normalized spacial score (nSPS) is 12.1. The second-order valence-electron chi connectivity index (χ2n) is 3.37. The van der Waals surface area contributed by atoms with Gasteiger partial charge in [0, 0.05) is 12.6 Å². The number of terminal acetylenes is 1. The topological polar surface area (TPSA) is 24.9 Å². The third-order valence-corrected chi connectivity index (χ3v) is 2.70. The molecule has 1 heterocycles. The first kappa shape index (κ1) is 13.3. The minimum Gasteiger partial charge on any atom is -0.309 e. The summed E-state index contributed by atoms with van der Waals surface area (Å²) in [4.78, 5) is 4.25.